The van der Waals surface area contributed by atoms with Crippen molar-refractivity contribution in [1.29, 1.82) is 0 Å². The molecule has 0 saturated carbocycles. The summed E-state index contributed by atoms with van der Waals surface area (Å²) in [6, 6.07) is 6.63. The van der Waals surface area contributed by atoms with Crippen LogP contribution in [-0.4, -0.2) is 30.1 Å². The van der Waals surface area contributed by atoms with Gasteiger partial charge >= 0.3 is 6.09 Å². The average molecular weight is 307 g/mol. The first-order valence-electron chi connectivity index (χ1n) is 6.80. The van der Waals surface area contributed by atoms with E-state index in [1.54, 1.807) is 45.0 Å². The maximum Gasteiger partial charge on any atom is 0.408 e. The number of rotatable bonds is 4. The Labute approximate surface area is 129 Å². The molecule has 7 nitrogen and oxygen atoms in total. The summed E-state index contributed by atoms with van der Waals surface area (Å²) in [6.07, 6.45) is -0.649. The van der Waals surface area contributed by atoms with Crippen LogP contribution >= 0.6 is 0 Å². The van der Waals surface area contributed by atoms with Crippen molar-refractivity contribution in [2.75, 3.05) is 17.2 Å². The molecule has 0 spiro atoms. The minimum Gasteiger partial charge on any atom is -0.444 e. The average Bonchev–Trinajstić information content (AvgIpc) is 2.36. The lowest BCUT2D eigenvalue weighted by Crippen LogP contribution is -2.37. The first kappa shape index (κ1) is 17.5. The van der Waals surface area contributed by atoms with Gasteiger partial charge in [-0.25, -0.2) is 4.79 Å². The fourth-order valence-electron chi connectivity index (χ4n) is 1.51. The summed E-state index contributed by atoms with van der Waals surface area (Å²) in [4.78, 5) is 34.0. The van der Waals surface area contributed by atoms with E-state index in [-0.39, 0.29) is 18.4 Å². The number of benzene rings is 1. The van der Waals surface area contributed by atoms with E-state index in [4.69, 9.17) is 4.74 Å². The van der Waals surface area contributed by atoms with Crippen LogP contribution in [0, 0.1) is 0 Å². The first-order chi connectivity index (χ1) is 10.2. The molecule has 1 rings (SSSR count). The molecule has 0 aliphatic heterocycles. The second kappa shape index (κ2) is 7.44. The standard InChI is InChI=1S/C15H21N3O4/c1-10(19)17-11-5-7-12(8-6-11)18-13(20)9-16-14(21)22-15(2,3)4/h5-8H,9H2,1-4H3,(H,16,21)(H,17,19)(H,18,20). The zero-order chi connectivity index (χ0) is 16.8. The topological polar surface area (TPSA) is 96.5 Å². The summed E-state index contributed by atoms with van der Waals surface area (Å²) in [7, 11) is 0. The van der Waals surface area contributed by atoms with Gasteiger partial charge in [-0.05, 0) is 45.0 Å². The fourth-order valence-corrected chi connectivity index (χ4v) is 1.51. The quantitative estimate of drug-likeness (QED) is 0.793. The molecular formula is C15H21N3O4. The highest BCUT2D eigenvalue weighted by Crippen LogP contribution is 2.13. The van der Waals surface area contributed by atoms with Crippen molar-refractivity contribution in [3.05, 3.63) is 24.3 Å². The van der Waals surface area contributed by atoms with Crippen molar-refractivity contribution in [3.63, 3.8) is 0 Å². The number of carbonyl (C=O) groups is 3. The van der Waals surface area contributed by atoms with Gasteiger partial charge in [0.25, 0.3) is 0 Å². The minimum absolute atomic E-state index is 0.168. The Kier molecular flexibility index (Phi) is 5.91. The van der Waals surface area contributed by atoms with Crippen LogP contribution in [-0.2, 0) is 14.3 Å². The Hall–Kier alpha value is -2.57. The molecule has 0 bridgehead atoms. The predicted octanol–water partition coefficient (Wildman–Crippen LogP) is 2.11. The largest absolute Gasteiger partial charge is 0.444 e. The second-order valence-electron chi connectivity index (χ2n) is 5.66. The highest BCUT2D eigenvalue weighted by atomic mass is 16.6. The van der Waals surface area contributed by atoms with E-state index in [0.29, 0.717) is 11.4 Å². The molecule has 0 aliphatic rings. The van der Waals surface area contributed by atoms with Gasteiger partial charge in [0.15, 0.2) is 0 Å². The van der Waals surface area contributed by atoms with Crippen LogP contribution in [0.3, 0.4) is 0 Å². The van der Waals surface area contributed by atoms with Gasteiger partial charge in [0.05, 0.1) is 0 Å². The van der Waals surface area contributed by atoms with E-state index in [1.807, 2.05) is 0 Å². The van der Waals surface area contributed by atoms with Crippen molar-refractivity contribution < 1.29 is 19.1 Å². The van der Waals surface area contributed by atoms with Crippen molar-refractivity contribution in [2.45, 2.75) is 33.3 Å². The van der Waals surface area contributed by atoms with Crippen LogP contribution in [0.4, 0.5) is 16.2 Å². The molecule has 0 atom stereocenters. The molecule has 0 aliphatic carbocycles. The SMILES string of the molecule is CC(=O)Nc1ccc(NC(=O)CNC(=O)OC(C)(C)C)cc1. The second-order valence-corrected chi connectivity index (χ2v) is 5.66. The Morgan fingerprint density at radius 3 is 1.95 bits per heavy atom. The summed E-state index contributed by atoms with van der Waals surface area (Å²) in [5, 5.41) is 7.61. The Balaban J connectivity index is 2.42. The molecule has 3 amide bonds. The molecule has 120 valence electrons. The van der Waals surface area contributed by atoms with Crippen LogP contribution < -0.4 is 16.0 Å². The molecule has 0 aromatic heterocycles. The number of ether oxygens (including phenoxy) is 1. The fraction of sp³-hybridized carbons (Fsp3) is 0.400. The normalized spacial score (nSPS) is 10.5. The maximum atomic E-state index is 11.7. The van der Waals surface area contributed by atoms with Gasteiger partial charge in [0, 0.05) is 18.3 Å². The molecule has 0 saturated heterocycles. The van der Waals surface area contributed by atoms with Crippen molar-refractivity contribution in [2.24, 2.45) is 0 Å². The van der Waals surface area contributed by atoms with Crippen LogP contribution in [0.25, 0.3) is 0 Å². The van der Waals surface area contributed by atoms with Gasteiger partial charge in [0.2, 0.25) is 11.8 Å². The number of anilines is 2. The monoisotopic (exact) mass is 307 g/mol. The number of amides is 3. The van der Waals surface area contributed by atoms with E-state index >= 15 is 0 Å². The highest BCUT2D eigenvalue weighted by Gasteiger charge is 2.16. The zero-order valence-corrected chi connectivity index (χ0v) is 13.1. The summed E-state index contributed by atoms with van der Waals surface area (Å²) < 4.78 is 5.02. The van der Waals surface area contributed by atoms with Crippen molar-refractivity contribution in [3.8, 4) is 0 Å². The number of alkyl carbamates (subject to hydrolysis) is 1. The van der Waals surface area contributed by atoms with Crippen LogP contribution in [0.1, 0.15) is 27.7 Å². The van der Waals surface area contributed by atoms with Crippen LogP contribution in [0.5, 0.6) is 0 Å². The molecule has 1 aromatic carbocycles. The Morgan fingerprint density at radius 2 is 1.50 bits per heavy atom. The predicted molar refractivity (Wildman–Crippen MR) is 83.6 cm³/mol. The molecule has 0 fully saturated rings. The lowest BCUT2D eigenvalue weighted by molar-refractivity contribution is -0.115. The Morgan fingerprint density at radius 1 is 1.00 bits per heavy atom. The van der Waals surface area contributed by atoms with Gasteiger partial charge in [-0.15, -0.1) is 0 Å². The van der Waals surface area contributed by atoms with E-state index in [9.17, 15) is 14.4 Å². The first-order valence-corrected chi connectivity index (χ1v) is 6.80. The van der Waals surface area contributed by atoms with Gasteiger partial charge in [0.1, 0.15) is 12.1 Å². The lowest BCUT2D eigenvalue weighted by Gasteiger charge is -2.19. The molecule has 7 heteroatoms. The van der Waals surface area contributed by atoms with E-state index < -0.39 is 11.7 Å². The van der Waals surface area contributed by atoms with Gasteiger partial charge in [-0.2, -0.15) is 0 Å². The summed E-state index contributed by atoms with van der Waals surface area (Å²) in [6.45, 7) is 6.44. The third kappa shape index (κ3) is 7.28. The zero-order valence-electron chi connectivity index (χ0n) is 13.1. The summed E-state index contributed by atoms with van der Waals surface area (Å²) in [5.74, 6) is -0.545. The molecular weight excluding hydrogens is 286 g/mol. The number of hydrogen-bond donors (Lipinski definition) is 3. The number of hydrogen-bond acceptors (Lipinski definition) is 4. The van der Waals surface area contributed by atoms with Gasteiger partial charge in [-0.3, -0.25) is 9.59 Å². The molecule has 0 unspecified atom stereocenters. The number of nitrogens with one attached hydrogen (secondary N) is 3. The third-order valence-electron chi connectivity index (χ3n) is 2.28. The third-order valence-corrected chi connectivity index (χ3v) is 2.28. The highest BCUT2D eigenvalue weighted by molar-refractivity contribution is 5.94. The van der Waals surface area contributed by atoms with Gasteiger partial charge < -0.3 is 20.7 Å². The number of carbonyl (C=O) groups excluding carboxylic acids is 3. The summed E-state index contributed by atoms with van der Waals surface area (Å²) >= 11 is 0. The van der Waals surface area contributed by atoms with Crippen molar-refractivity contribution in [1.82, 2.24) is 5.32 Å². The van der Waals surface area contributed by atoms with Crippen LogP contribution in [0.15, 0.2) is 24.3 Å². The maximum absolute atomic E-state index is 11.7. The van der Waals surface area contributed by atoms with E-state index in [2.05, 4.69) is 16.0 Å². The lowest BCUT2D eigenvalue weighted by atomic mass is 10.2. The summed E-state index contributed by atoms with van der Waals surface area (Å²) in [5.41, 5.74) is 0.586. The molecule has 22 heavy (non-hydrogen) atoms. The van der Waals surface area contributed by atoms with E-state index in [0.717, 1.165) is 0 Å². The van der Waals surface area contributed by atoms with Gasteiger partial charge in [-0.1, -0.05) is 0 Å². The molecule has 0 heterocycles. The molecule has 0 radical (unpaired) electrons. The van der Waals surface area contributed by atoms with Crippen LogP contribution in [0.2, 0.25) is 0 Å². The molecule has 3 N–H and O–H groups in total. The van der Waals surface area contributed by atoms with Crippen molar-refractivity contribution >= 4 is 29.3 Å². The minimum atomic E-state index is -0.649. The Bertz CT molecular complexity index is 547. The molecule has 1 aromatic rings. The van der Waals surface area contributed by atoms with E-state index in [1.165, 1.54) is 6.92 Å². The smallest absolute Gasteiger partial charge is 0.408 e.